The highest BCUT2D eigenvalue weighted by Crippen LogP contribution is 2.35. The Hall–Kier alpha value is -6.44. The van der Waals surface area contributed by atoms with Crippen LogP contribution in [-0.2, 0) is 19.2 Å². The zero-order valence-corrected chi connectivity index (χ0v) is 30.2. The molecule has 0 unspecified atom stereocenters. The van der Waals surface area contributed by atoms with Crippen LogP contribution in [0.5, 0.6) is 0 Å². The summed E-state index contributed by atoms with van der Waals surface area (Å²) in [4.78, 5) is 84.5. The molecular weight excluding hydrogens is 688 g/mol. The molecule has 4 heterocycles. The van der Waals surface area contributed by atoms with Crippen molar-refractivity contribution in [1.29, 1.82) is 0 Å². The van der Waals surface area contributed by atoms with E-state index in [4.69, 9.17) is 11.5 Å². The van der Waals surface area contributed by atoms with Gasteiger partial charge in [-0.05, 0) is 75.6 Å². The van der Waals surface area contributed by atoms with Gasteiger partial charge in [0.1, 0.15) is 0 Å². The number of piperidine rings is 2. The van der Waals surface area contributed by atoms with Crippen LogP contribution < -0.4 is 22.1 Å². The molecule has 14 nitrogen and oxygen atoms in total. The maximum absolute atomic E-state index is 12.9. The highest BCUT2D eigenvalue weighted by Gasteiger charge is 2.37. The van der Waals surface area contributed by atoms with Crippen LogP contribution in [0.4, 0.5) is 11.4 Å². The third-order valence-electron chi connectivity index (χ3n) is 9.61. The van der Waals surface area contributed by atoms with E-state index < -0.39 is 35.4 Å². The summed E-state index contributed by atoms with van der Waals surface area (Å²) in [7, 11) is 0. The predicted octanol–water partition coefficient (Wildman–Crippen LogP) is 4.52. The molecular formula is C40H44N8O6. The summed E-state index contributed by atoms with van der Waals surface area (Å²) in [5.74, 6) is -4.01. The number of carbonyl (C=O) groups excluding carboxylic acids is 6. The van der Waals surface area contributed by atoms with E-state index in [1.165, 1.54) is 36.9 Å². The second-order valence-electron chi connectivity index (χ2n) is 13.4. The Bertz CT molecular complexity index is 1850. The number of carbonyl (C=O) groups is 6. The average molecular weight is 733 g/mol. The van der Waals surface area contributed by atoms with Gasteiger partial charge in [-0.2, -0.15) is 0 Å². The van der Waals surface area contributed by atoms with E-state index in [1.807, 2.05) is 74.5 Å². The monoisotopic (exact) mass is 732 g/mol. The number of amides is 6. The zero-order chi connectivity index (χ0) is 38.8. The number of rotatable bonds is 6. The summed E-state index contributed by atoms with van der Waals surface area (Å²) < 4.78 is 0. The molecule has 2 aliphatic rings. The average Bonchev–Trinajstić information content (AvgIpc) is 3.18. The summed E-state index contributed by atoms with van der Waals surface area (Å²) in [5.41, 5.74) is 13.3. The molecule has 0 aliphatic carbocycles. The van der Waals surface area contributed by atoms with Gasteiger partial charge in [0.25, 0.3) is 0 Å². The van der Waals surface area contributed by atoms with Crippen LogP contribution in [-0.4, -0.2) is 67.3 Å². The van der Waals surface area contributed by atoms with Gasteiger partial charge >= 0.3 is 23.6 Å². The molecule has 6 rings (SSSR count). The molecule has 2 fully saturated rings. The van der Waals surface area contributed by atoms with Gasteiger partial charge in [0, 0.05) is 24.5 Å². The smallest absolute Gasteiger partial charge is 0.313 e. The lowest BCUT2D eigenvalue weighted by Crippen LogP contribution is -2.48. The Labute approximate surface area is 313 Å². The van der Waals surface area contributed by atoms with Crippen molar-refractivity contribution in [3.8, 4) is 0 Å². The maximum Gasteiger partial charge on any atom is 0.313 e. The number of hydrogen-bond donors (Lipinski definition) is 4. The molecule has 54 heavy (non-hydrogen) atoms. The molecule has 0 spiro atoms. The van der Waals surface area contributed by atoms with Crippen molar-refractivity contribution in [2.45, 2.75) is 76.5 Å². The molecule has 2 saturated heterocycles. The number of nitrogens with zero attached hydrogens (tertiary/aromatic N) is 4. The molecule has 280 valence electrons. The Morgan fingerprint density at radius 2 is 0.944 bits per heavy atom. The first-order valence-corrected chi connectivity index (χ1v) is 17.8. The second-order valence-corrected chi connectivity index (χ2v) is 13.4. The fraction of sp³-hybridized carbons (Fsp3) is 0.300. The second kappa shape index (κ2) is 17.9. The molecule has 4 atom stereocenters. The molecule has 6 amide bonds. The van der Waals surface area contributed by atoms with E-state index in [0.717, 1.165) is 49.7 Å². The van der Waals surface area contributed by atoms with Crippen molar-refractivity contribution < 1.29 is 28.8 Å². The first-order chi connectivity index (χ1) is 25.9. The number of pyridine rings is 2. The number of nitrogens with two attached hydrogens (primary N) is 2. The van der Waals surface area contributed by atoms with Crippen LogP contribution >= 0.6 is 0 Å². The van der Waals surface area contributed by atoms with Gasteiger partial charge in [-0.15, -0.1) is 0 Å². The number of primary amides is 2. The van der Waals surface area contributed by atoms with Gasteiger partial charge in [-0.3, -0.25) is 38.7 Å². The number of hydrogen-bond acceptors (Lipinski definition) is 8. The van der Waals surface area contributed by atoms with Gasteiger partial charge in [-0.25, -0.2) is 0 Å². The van der Waals surface area contributed by atoms with Crippen LogP contribution in [0.15, 0.2) is 97.6 Å². The normalized spacial score (nSPS) is 19.4. The predicted molar refractivity (Wildman–Crippen MR) is 201 cm³/mol. The fourth-order valence-corrected chi connectivity index (χ4v) is 6.96. The maximum atomic E-state index is 12.9. The Morgan fingerprint density at radius 3 is 1.30 bits per heavy atom. The highest BCUT2D eigenvalue weighted by molar-refractivity contribution is 6.40. The topological polar surface area (TPSA) is 211 Å². The van der Waals surface area contributed by atoms with E-state index in [0.29, 0.717) is 0 Å². The number of likely N-dealkylation sites (tertiary alicyclic amines) is 2. The lowest BCUT2D eigenvalue weighted by Gasteiger charge is -2.40. The van der Waals surface area contributed by atoms with Gasteiger partial charge in [-0.1, -0.05) is 60.7 Å². The SMILES string of the molecule is C[C@@H]1CCC[C@H](c2ccccc2)N1C(=O)C(=O)Nc1cncc(C(N)=O)c1.C[C@H]1CCC[C@@H](c2ccccc2)N1C(=O)C(=O)Nc1cncc(C(N)=O)c1. The van der Waals surface area contributed by atoms with Crippen LogP contribution in [0.1, 0.15) is 96.3 Å². The summed E-state index contributed by atoms with van der Waals surface area (Å²) in [6.45, 7) is 3.91. The Kier molecular flexibility index (Phi) is 12.8. The number of nitrogens with one attached hydrogen (secondary N) is 2. The van der Waals surface area contributed by atoms with Crippen molar-refractivity contribution in [2.24, 2.45) is 11.5 Å². The molecule has 0 bridgehead atoms. The van der Waals surface area contributed by atoms with Gasteiger partial charge in [0.2, 0.25) is 11.8 Å². The van der Waals surface area contributed by atoms with Crippen LogP contribution in [0, 0.1) is 0 Å². The molecule has 2 aliphatic heterocycles. The summed E-state index contributed by atoms with van der Waals surface area (Å²) in [6, 6.07) is 21.9. The first kappa shape index (κ1) is 38.8. The summed E-state index contributed by atoms with van der Waals surface area (Å²) >= 11 is 0. The van der Waals surface area contributed by atoms with Crippen molar-refractivity contribution in [2.75, 3.05) is 10.6 Å². The number of benzene rings is 2. The van der Waals surface area contributed by atoms with E-state index >= 15 is 0 Å². The van der Waals surface area contributed by atoms with Crippen molar-refractivity contribution in [1.82, 2.24) is 19.8 Å². The molecule has 0 radical (unpaired) electrons. The molecule has 2 aromatic carbocycles. The lowest BCUT2D eigenvalue weighted by atomic mass is 9.91. The van der Waals surface area contributed by atoms with Crippen molar-refractivity contribution in [3.05, 3.63) is 120 Å². The third kappa shape index (κ3) is 9.50. The number of anilines is 2. The highest BCUT2D eigenvalue weighted by atomic mass is 16.2. The largest absolute Gasteiger partial charge is 0.366 e. The minimum Gasteiger partial charge on any atom is -0.366 e. The van der Waals surface area contributed by atoms with Crippen LogP contribution in [0.2, 0.25) is 0 Å². The molecule has 6 N–H and O–H groups in total. The first-order valence-electron chi connectivity index (χ1n) is 17.8. The fourth-order valence-electron chi connectivity index (χ4n) is 6.96. The van der Waals surface area contributed by atoms with Gasteiger partial charge < -0.3 is 31.9 Å². The Morgan fingerprint density at radius 1 is 0.574 bits per heavy atom. The van der Waals surface area contributed by atoms with E-state index in [9.17, 15) is 28.8 Å². The lowest BCUT2D eigenvalue weighted by molar-refractivity contribution is -0.148. The molecule has 0 saturated carbocycles. The quantitative estimate of drug-likeness (QED) is 0.207. The number of aromatic nitrogens is 2. The van der Waals surface area contributed by atoms with Crippen molar-refractivity contribution in [3.63, 3.8) is 0 Å². The minimum absolute atomic E-state index is 0.0442. The van der Waals surface area contributed by atoms with E-state index in [2.05, 4.69) is 20.6 Å². The third-order valence-corrected chi connectivity index (χ3v) is 9.61. The van der Waals surface area contributed by atoms with E-state index in [1.54, 1.807) is 9.80 Å². The summed E-state index contributed by atoms with van der Waals surface area (Å²) in [6.07, 6.45) is 10.7. The standard InChI is InChI=1S/2C20H22N4O3/c2*1-13-6-5-9-17(14-7-3-2-4-8-14)24(13)20(27)19(26)23-16-10-15(18(21)25)11-22-12-16/h2*2-4,7-8,10-13,17H,5-6,9H2,1H3,(H2,21,25)(H,23,26)/t2*13-,17-/m10/s1. The zero-order valence-electron chi connectivity index (χ0n) is 30.2. The van der Waals surface area contributed by atoms with Crippen molar-refractivity contribution >= 4 is 46.8 Å². The van der Waals surface area contributed by atoms with E-state index in [-0.39, 0.29) is 46.7 Å². The minimum atomic E-state index is -0.756. The van der Waals surface area contributed by atoms with Crippen LogP contribution in [0.25, 0.3) is 0 Å². The van der Waals surface area contributed by atoms with Gasteiger partial charge in [0.05, 0.1) is 47.0 Å². The summed E-state index contributed by atoms with van der Waals surface area (Å²) in [5, 5.41) is 5.05. The molecule has 4 aromatic rings. The van der Waals surface area contributed by atoms with Gasteiger partial charge in [0.15, 0.2) is 0 Å². The Balaban J connectivity index is 0.000000208. The van der Waals surface area contributed by atoms with Crippen LogP contribution in [0.3, 0.4) is 0 Å². The molecule has 2 aromatic heterocycles. The molecule has 14 heteroatoms.